The molecule has 0 radical (unpaired) electrons. The van der Waals surface area contributed by atoms with Crippen LogP contribution in [0.15, 0.2) is 0 Å². The molecule has 6 nitrogen and oxygen atoms in total. The third kappa shape index (κ3) is 7.49. The second kappa shape index (κ2) is 8.37. The molecule has 1 unspecified atom stereocenters. The molecular weight excluding hydrogens is 238 g/mol. The summed E-state index contributed by atoms with van der Waals surface area (Å²) in [5, 5.41) is 28.6. The minimum Gasteiger partial charge on any atom is -0.480 e. The van der Waals surface area contributed by atoms with Crippen LogP contribution in [0.4, 0.5) is 0 Å². The number of nitrogens with one attached hydrogen (secondary N) is 1. The Morgan fingerprint density at radius 1 is 1.44 bits per heavy atom. The first-order valence-electron chi connectivity index (χ1n) is 4.84. The molecule has 0 aromatic rings. The standard InChI is InChI=1S/C9H17NO5S/c1-6(12)10-8(9(14)15)5-16-3-2-7(13)4-11/h7-8,11,13H,2-5H2,1H3,(H,10,12)(H,14,15)/t7?,8-/m0/s1/i2+1,3+1,4+1,7+1. The van der Waals surface area contributed by atoms with Crippen molar-refractivity contribution in [2.24, 2.45) is 0 Å². The number of aliphatic hydroxyl groups excluding tert-OH is 2. The van der Waals surface area contributed by atoms with Gasteiger partial charge in [-0.05, 0) is 12.2 Å². The normalized spacial score (nSPS) is 14.2. The number of carboxylic acids is 1. The molecule has 16 heavy (non-hydrogen) atoms. The van der Waals surface area contributed by atoms with E-state index in [1.54, 1.807) is 0 Å². The van der Waals surface area contributed by atoms with Crippen LogP contribution in [0.1, 0.15) is 13.3 Å². The van der Waals surface area contributed by atoms with Gasteiger partial charge in [0.1, 0.15) is 6.04 Å². The Bertz CT molecular complexity index is 236. The molecule has 0 saturated carbocycles. The SMILES string of the molecule is CC(=O)N[C@@H](CS[13CH2][13CH2][13CH](O)[13CH2]O)C(=O)O. The van der Waals surface area contributed by atoms with Gasteiger partial charge in [0.05, 0.1) is 12.7 Å². The lowest BCUT2D eigenvalue weighted by atomic mass is 10.3. The van der Waals surface area contributed by atoms with Crippen LogP contribution in [0.5, 0.6) is 0 Å². The highest BCUT2D eigenvalue weighted by Gasteiger charge is 2.17. The first-order valence-corrected chi connectivity index (χ1v) is 5.99. The highest BCUT2D eigenvalue weighted by molar-refractivity contribution is 7.99. The third-order valence-electron chi connectivity index (χ3n) is 1.77. The Balaban J connectivity index is 3.77. The molecule has 0 aromatic heterocycles. The lowest BCUT2D eigenvalue weighted by molar-refractivity contribution is -0.140. The van der Waals surface area contributed by atoms with Crippen LogP contribution < -0.4 is 5.32 Å². The topological polar surface area (TPSA) is 107 Å². The summed E-state index contributed by atoms with van der Waals surface area (Å²) in [6.07, 6.45) is -0.371. The van der Waals surface area contributed by atoms with Gasteiger partial charge in [-0.2, -0.15) is 11.8 Å². The molecule has 1 amide bonds. The molecule has 2 atom stereocenters. The lowest BCUT2D eigenvalue weighted by Gasteiger charge is -2.13. The van der Waals surface area contributed by atoms with Gasteiger partial charge in [-0.25, -0.2) is 4.79 Å². The minimum atomic E-state index is -1.08. The molecule has 4 N–H and O–H groups in total. The van der Waals surface area contributed by atoms with Crippen molar-refractivity contribution in [3.63, 3.8) is 0 Å². The average molecular weight is 255 g/mol. The summed E-state index contributed by atoms with van der Waals surface area (Å²) < 4.78 is 0. The van der Waals surface area contributed by atoms with Gasteiger partial charge in [0.2, 0.25) is 5.91 Å². The fraction of sp³-hybridized carbons (Fsp3) is 0.778. The van der Waals surface area contributed by atoms with E-state index in [2.05, 4.69) is 5.32 Å². The van der Waals surface area contributed by atoms with E-state index in [4.69, 9.17) is 15.3 Å². The Labute approximate surface area is 98.0 Å². The van der Waals surface area contributed by atoms with Gasteiger partial charge in [-0.15, -0.1) is 0 Å². The number of aliphatic carboxylic acids is 1. The molecule has 0 bridgehead atoms. The molecule has 0 aliphatic carbocycles. The van der Waals surface area contributed by atoms with Crippen molar-refractivity contribution in [3.8, 4) is 0 Å². The summed E-state index contributed by atoms with van der Waals surface area (Å²) in [5.41, 5.74) is 0. The van der Waals surface area contributed by atoms with Gasteiger partial charge in [0, 0.05) is 12.7 Å². The van der Waals surface area contributed by atoms with Gasteiger partial charge in [0.25, 0.3) is 0 Å². The van der Waals surface area contributed by atoms with Crippen molar-refractivity contribution in [2.45, 2.75) is 25.5 Å². The second-order valence-corrected chi connectivity index (χ2v) is 4.44. The fourth-order valence-corrected chi connectivity index (χ4v) is 2.00. The number of carbonyl (C=O) groups is 2. The predicted molar refractivity (Wildman–Crippen MR) is 60.3 cm³/mol. The maximum Gasteiger partial charge on any atom is 0.327 e. The van der Waals surface area contributed by atoms with Crippen LogP contribution >= 0.6 is 11.8 Å². The van der Waals surface area contributed by atoms with Crippen LogP contribution in [-0.4, -0.2) is 57.5 Å². The Hall–Kier alpha value is -0.790. The lowest BCUT2D eigenvalue weighted by Crippen LogP contribution is -2.41. The summed E-state index contributed by atoms with van der Waals surface area (Å²) in [6, 6.07) is -0.909. The van der Waals surface area contributed by atoms with Crippen LogP contribution in [0, 0.1) is 0 Å². The molecule has 0 spiro atoms. The zero-order valence-corrected chi connectivity index (χ0v) is 9.87. The van der Waals surface area contributed by atoms with Crippen LogP contribution in [-0.2, 0) is 9.59 Å². The first-order chi connectivity index (χ1) is 7.47. The molecular formula is C9H17NO5S. The summed E-state index contributed by atoms with van der Waals surface area (Å²) >= 11 is 1.31. The number of thioether (sulfide) groups is 1. The predicted octanol–water partition coefficient (Wildman–Crippen LogP) is -0.948. The molecule has 0 aliphatic rings. The van der Waals surface area contributed by atoms with E-state index in [0.717, 1.165) is 0 Å². The number of carbonyl (C=O) groups excluding carboxylic acids is 1. The molecule has 0 aromatic carbocycles. The van der Waals surface area contributed by atoms with E-state index in [1.165, 1.54) is 18.7 Å². The maximum atomic E-state index is 10.7. The van der Waals surface area contributed by atoms with Crippen molar-refractivity contribution in [3.05, 3.63) is 0 Å². The smallest absolute Gasteiger partial charge is 0.327 e. The van der Waals surface area contributed by atoms with E-state index >= 15 is 0 Å². The summed E-state index contributed by atoms with van der Waals surface area (Å²) in [4.78, 5) is 21.4. The highest BCUT2D eigenvalue weighted by Crippen LogP contribution is 2.07. The van der Waals surface area contributed by atoms with E-state index < -0.39 is 18.1 Å². The Kier molecular flexibility index (Phi) is 7.96. The first kappa shape index (κ1) is 15.2. The average Bonchev–Trinajstić information content (AvgIpc) is 2.21. The zero-order valence-electron chi connectivity index (χ0n) is 9.05. The highest BCUT2D eigenvalue weighted by atomic mass is 32.2. The molecule has 0 saturated heterocycles. The van der Waals surface area contributed by atoms with E-state index in [9.17, 15) is 9.59 Å². The van der Waals surface area contributed by atoms with Crippen LogP contribution in [0.25, 0.3) is 0 Å². The monoisotopic (exact) mass is 255 g/mol. The summed E-state index contributed by atoms with van der Waals surface area (Å²) in [6.45, 7) is 0.963. The third-order valence-corrected chi connectivity index (χ3v) is 2.86. The van der Waals surface area contributed by atoms with Gasteiger partial charge in [-0.1, -0.05) is 0 Å². The van der Waals surface area contributed by atoms with Crippen molar-refractivity contribution in [1.29, 1.82) is 0 Å². The summed E-state index contributed by atoms with van der Waals surface area (Å²) in [5.74, 6) is -0.688. The van der Waals surface area contributed by atoms with Gasteiger partial charge < -0.3 is 20.6 Å². The Morgan fingerprint density at radius 2 is 2.06 bits per heavy atom. The van der Waals surface area contributed by atoms with Crippen LogP contribution in [0.2, 0.25) is 0 Å². The van der Waals surface area contributed by atoms with Crippen molar-refractivity contribution in [1.82, 2.24) is 5.32 Å². The number of rotatable bonds is 8. The maximum absolute atomic E-state index is 10.7. The fourth-order valence-electron chi connectivity index (χ4n) is 0.932. The van der Waals surface area contributed by atoms with E-state index in [0.29, 0.717) is 12.2 Å². The molecule has 0 rings (SSSR count). The van der Waals surface area contributed by atoms with E-state index in [-0.39, 0.29) is 18.3 Å². The number of hydrogen-bond acceptors (Lipinski definition) is 5. The quantitative estimate of drug-likeness (QED) is 0.329. The van der Waals surface area contributed by atoms with Gasteiger partial charge >= 0.3 is 5.97 Å². The molecule has 0 fully saturated rings. The Morgan fingerprint density at radius 3 is 2.50 bits per heavy atom. The van der Waals surface area contributed by atoms with Crippen molar-refractivity contribution in [2.75, 3.05) is 18.1 Å². The van der Waals surface area contributed by atoms with Crippen LogP contribution in [0.3, 0.4) is 0 Å². The molecule has 94 valence electrons. The molecule has 0 heterocycles. The second-order valence-electron chi connectivity index (χ2n) is 3.29. The zero-order chi connectivity index (χ0) is 12.6. The minimum absolute atomic E-state index is 0.243. The number of hydrogen-bond donors (Lipinski definition) is 4. The largest absolute Gasteiger partial charge is 0.480 e. The van der Waals surface area contributed by atoms with Crippen molar-refractivity contribution >= 4 is 23.6 Å². The van der Waals surface area contributed by atoms with Crippen molar-refractivity contribution < 1.29 is 24.9 Å². The molecule has 0 aliphatic heterocycles. The molecule has 7 heteroatoms. The van der Waals surface area contributed by atoms with Gasteiger partial charge in [-0.3, -0.25) is 4.79 Å². The summed E-state index contributed by atoms with van der Waals surface area (Å²) in [7, 11) is 0. The number of aliphatic hydroxyl groups is 2. The van der Waals surface area contributed by atoms with Gasteiger partial charge in [0.15, 0.2) is 0 Å². The van der Waals surface area contributed by atoms with E-state index in [1.807, 2.05) is 0 Å². The number of amides is 1. The number of carboxylic acid groups (broad SMARTS) is 1.